The summed E-state index contributed by atoms with van der Waals surface area (Å²) in [6.45, 7) is 0.0959. The number of morpholine rings is 1. The van der Waals surface area contributed by atoms with Crippen LogP contribution in [0, 0.1) is 11.6 Å². The quantitative estimate of drug-likeness (QED) is 0.913. The number of carbonyl (C=O) groups is 2. The van der Waals surface area contributed by atoms with Crippen LogP contribution in [0.1, 0.15) is 10.5 Å². The number of carboxylic acid groups (broad SMARTS) is 1. The number of hydrogen-bond donors (Lipinski definition) is 1. The number of nitrogens with zero attached hydrogens (tertiary/aromatic N) is 2. The number of oxazole rings is 1. The lowest BCUT2D eigenvalue weighted by atomic mass is 10.2. The van der Waals surface area contributed by atoms with Crippen molar-refractivity contribution in [3.8, 4) is 11.5 Å². The number of benzene rings is 1. The Morgan fingerprint density at radius 3 is 2.67 bits per heavy atom. The molecular formula is C15H12F2N2O5. The molecule has 1 amide bonds. The molecule has 7 nitrogen and oxygen atoms in total. The molecule has 1 aromatic carbocycles. The highest BCUT2D eigenvalue weighted by atomic mass is 19.1. The summed E-state index contributed by atoms with van der Waals surface area (Å²) < 4.78 is 37.5. The lowest BCUT2D eigenvalue weighted by Crippen LogP contribution is -2.48. The molecule has 3 rings (SSSR count). The Kier molecular flexibility index (Phi) is 4.26. The summed E-state index contributed by atoms with van der Waals surface area (Å²) in [5, 5.41) is 8.94. The normalized spacial score (nSPS) is 17.8. The fourth-order valence-electron chi connectivity index (χ4n) is 2.33. The first-order valence-electron chi connectivity index (χ1n) is 7.01. The molecule has 0 bridgehead atoms. The van der Waals surface area contributed by atoms with Gasteiger partial charge in [-0.15, -0.1) is 0 Å². The van der Waals surface area contributed by atoms with E-state index in [1.165, 1.54) is 11.0 Å². The van der Waals surface area contributed by atoms with E-state index in [0.29, 0.717) is 0 Å². The molecule has 2 aromatic rings. The number of rotatable bonds is 3. The number of halogens is 2. The summed E-state index contributed by atoms with van der Waals surface area (Å²) in [5.74, 6) is -3.88. The molecule has 0 saturated carbocycles. The highest BCUT2D eigenvalue weighted by molar-refractivity contribution is 5.93. The highest BCUT2D eigenvalue weighted by Crippen LogP contribution is 2.25. The Morgan fingerprint density at radius 1 is 1.29 bits per heavy atom. The number of amides is 1. The number of aromatic nitrogens is 1. The van der Waals surface area contributed by atoms with Gasteiger partial charge in [-0.05, 0) is 12.1 Å². The number of ether oxygens (including phenoxy) is 1. The maximum atomic E-state index is 13.7. The Hall–Kier alpha value is -2.81. The molecule has 126 valence electrons. The predicted molar refractivity (Wildman–Crippen MR) is 75.1 cm³/mol. The second-order valence-corrected chi connectivity index (χ2v) is 5.08. The Morgan fingerprint density at radius 2 is 2.00 bits per heavy atom. The third-order valence-electron chi connectivity index (χ3n) is 3.53. The zero-order valence-corrected chi connectivity index (χ0v) is 12.2. The van der Waals surface area contributed by atoms with Crippen LogP contribution in [-0.2, 0) is 9.53 Å². The minimum atomic E-state index is -1.18. The van der Waals surface area contributed by atoms with E-state index in [1.807, 2.05) is 0 Å². The predicted octanol–water partition coefficient (Wildman–Crippen LogP) is 1.55. The van der Waals surface area contributed by atoms with Crippen molar-refractivity contribution >= 4 is 11.9 Å². The lowest BCUT2D eigenvalue weighted by Gasteiger charge is -2.30. The molecule has 1 aliphatic heterocycles. The molecular weight excluding hydrogens is 326 g/mol. The van der Waals surface area contributed by atoms with Gasteiger partial charge in [0, 0.05) is 6.54 Å². The summed E-state index contributed by atoms with van der Waals surface area (Å²) in [6, 6.07) is 3.29. The van der Waals surface area contributed by atoms with E-state index in [4.69, 9.17) is 14.3 Å². The van der Waals surface area contributed by atoms with Gasteiger partial charge in [-0.2, -0.15) is 0 Å². The van der Waals surface area contributed by atoms with Crippen LogP contribution in [0.15, 0.2) is 28.9 Å². The van der Waals surface area contributed by atoms with Gasteiger partial charge in [-0.3, -0.25) is 4.79 Å². The van der Waals surface area contributed by atoms with E-state index in [2.05, 4.69) is 4.98 Å². The average Bonchev–Trinajstić information content (AvgIpc) is 3.03. The Bertz CT molecular complexity index is 772. The van der Waals surface area contributed by atoms with Crippen LogP contribution in [-0.4, -0.2) is 52.7 Å². The van der Waals surface area contributed by atoms with Crippen molar-refractivity contribution < 1.29 is 32.6 Å². The highest BCUT2D eigenvalue weighted by Gasteiger charge is 2.31. The van der Waals surface area contributed by atoms with Crippen LogP contribution in [0.4, 0.5) is 8.78 Å². The largest absolute Gasteiger partial charge is 0.479 e. The van der Waals surface area contributed by atoms with Crippen molar-refractivity contribution in [3.63, 3.8) is 0 Å². The van der Waals surface area contributed by atoms with Crippen LogP contribution in [0.25, 0.3) is 11.5 Å². The van der Waals surface area contributed by atoms with Gasteiger partial charge in [0.15, 0.2) is 11.8 Å². The topological polar surface area (TPSA) is 92.9 Å². The molecule has 2 heterocycles. The standard InChI is InChI=1S/C15H12F2N2O5/c16-8-2-1-3-9(17)12(8)13-18-10(7-24-13)14(20)19-4-5-23-11(6-19)15(21)22/h1-3,7,11H,4-6H2,(H,21,22). The summed E-state index contributed by atoms with van der Waals surface area (Å²) in [7, 11) is 0. The van der Waals surface area contributed by atoms with E-state index < -0.39 is 35.2 Å². The molecule has 24 heavy (non-hydrogen) atoms. The third-order valence-corrected chi connectivity index (χ3v) is 3.53. The van der Waals surface area contributed by atoms with Gasteiger partial charge in [-0.1, -0.05) is 6.07 Å². The number of aliphatic carboxylic acids is 1. The van der Waals surface area contributed by atoms with E-state index >= 15 is 0 Å². The van der Waals surface area contributed by atoms with Crippen molar-refractivity contribution in [2.75, 3.05) is 19.7 Å². The van der Waals surface area contributed by atoms with Gasteiger partial charge in [0.2, 0.25) is 5.89 Å². The SMILES string of the molecule is O=C(O)C1CN(C(=O)c2coc(-c3c(F)cccc3F)n2)CCO1. The van der Waals surface area contributed by atoms with E-state index in [9.17, 15) is 18.4 Å². The zero-order chi connectivity index (χ0) is 17.3. The van der Waals surface area contributed by atoms with Crippen molar-refractivity contribution in [2.24, 2.45) is 0 Å². The maximum absolute atomic E-state index is 13.7. The smallest absolute Gasteiger partial charge is 0.334 e. The van der Waals surface area contributed by atoms with E-state index in [0.717, 1.165) is 18.4 Å². The maximum Gasteiger partial charge on any atom is 0.334 e. The lowest BCUT2D eigenvalue weighted by molar-refractivity contribution is -0.154. The van der Waals surface area contributed by atoms with Gasteiger partial charge in [-0.25, -0.2) is 18.6 Å². The van der Waals surface area contributed by atoms with Crippen LogP contribution < -0.4 is 0 Å². The molecule has 1 N–H and O–H groups in total. The molecule has 0 radical (unpaired) electrons. The first-order chi connectivity index (χ1) is 11.5. The van der Waals surface area contributed by atoms with E-state index in [1.54, 1.807) is 0 Å². The molecule has 1 unspecified atom stereocenters. The number of hydrogen-bond acceptors (Lipinski definition) is 5. The molecule has 0 spiro atoms. The van der Waals surface area contributed by atoms with Crippen LogP contribution in [0.2, 0.25) is 0 Å². The second kappa shape index (κ2) is 6.36. The van der Waals surface area contributed by atoms with Crippen LogP contribution in [0.3, 0.4) is 0 Å². The van der Waals surface area contributed by atoms with Gasteiger partial charge < -0.3 is 19.2 Å². The van der Waals surface area contributed by atoms with Gasteiger partial charge in [0.25, 0.3) is 5.91 Å². The molecule has 1 fully saturated rings. The van der Waals surface area contributed by atoms with Crippen molar-refractivity contribution in [3.05, 3.63) is 41.8 Å². The first-order valence-corrected chi connectivity index (χ1v) is 7.01. The third kappa shape index (κ3) is 2.98. The fraction of sp³-hybridized carbons (Fsp3) is 0.267. The van der Waals surface area contributed by atoms with E-state index in [-0.39, 0.29) is 31.3 Å². The summed E-state index contributed by atoms with van der Waals surface area (Å²) >= 11 is 0. The molecule has 9 heteroatoms. The van der Waals surface area contributed by atoms with Gasteiger partial charge in [0.1, 0.15) is 23.5 Å². The van der Waals surface area contributed by atoms with Gasteiger partial charge in [0.05, 0.1) is 13.2 Å². The van der Waals surface area contributed by atoms with Crippen LogP contribution in [0.5, 0.6) is 0 Å². The minimum Gasteiger partial charge on any atom is -0.479 e. The average molecular weight is 338 g/mol. The Labute approximate surface area is 134 Å². The summed E-state index contributed by atoms with van der Waals surface area (Å²) in [5.41, 5.74) is -0.638. The minimum absolute atomic E-state index is 0.0648. The van der Waals surface area contributed by atoms with Crippen molar-refractivity contribution in [1.82, 2.24) is 9.88 Å². The fourth-order valence-corrected chi connectivity index (χ4v) is 2.33. The second-order valence-electron chi connectivity index (χ2n) is 5.08. The van der Waals surface area contributed by atoms with Crippen LogP contribution >= 0.6 is 0 Å². The number of carbonyl (C=O) groups excluding carboxylic acids is 1. The zero-order valence-electron chi connectivity index (χ0n) is 12.2. The first kappa shape index (κ1) is 16.1. The summed E-state index contributed by atoms with van der Waals surface area (Å²) in [6.07, 6.45) is -0.146. The monoisotopic (exact) mass is 338 g/mol. The molecule has 1 aromatic heterocycles. The van der Waals surface area contributed by atoms with Crippen molar-refractivity contribution in [1.29, 1.82) is 0 Å². The number of carboxylic acids is 1. The van der Waals surface area contributed by atoms with Gasteiger partial charge >= 0.3 is 5.97 Å². The summed E-state index contributed by atoms with van der Waals surface area (Å²) in [4.78, 5) is 28.4. The Balaban J connectivity index is 1.83. The van der Waals surface area contributed by atoms with Crippen molar-refractivity contribution in [2.45, 2.75) is 6.10 Å². The molecule has 1 saturated heterocycles. The molecule has 0 aliphatic carbocycles. The molecule has 1 atom stereocenters. The molecule has 1 aliphatic rings.